The molecule has 0 amide bonds. The van der Waals surface area contributed by atoms with Crippen LogP contribution in [0.4, 0.5) is 0 Å². The van der Waals surface area contributed by atoms with E-state index >= 15 is 0 Å². The van der Waals surface area contributed by atoms with Gasteiger partial charge in [0.15, 0.2) is 11.0 Å². The van der Waals surface area contributed by atoms with E-state index in [2.05, 4.69) is 19.9 Å². The average Bonchev–Trinajstić information content (AvgIpc) is 3.51. The lowest BCUT2D eigenvalue weighted by Gasteiger charge is -2.13. The van der Waals surface area contributed by atoms with Crippen LogP contribution in [-0.2, 0) is 6.54 Å². The van der Waals surface area contributed by atoms with Gasteiger partial charge in [0, 0.05) is 24.7 Å². The maximum atomic E-state index is 5.58. The van der Waals surface area contributed by atoms with Crippen molar-refractivity contribution in [3.05, 3.63) is 67.0 Å². The van der Waals surface area contributed by atoms with Gasteiger partial charge in [0.1, 0.15) is 11.5 Å². The van der Waals surface area contributed by atoms with Crippen LogP contribution >= 0.6 is 11.8 Å². The molecule has 0 unspecified atom stereocenters. The Kier molecular flexibility index (Phi) is 7.45. The minimum absolute atomic E-state index is 0.758. The number of aryl methyl sites for hydroxylation is 1. The predicted octanol–water partition coefficient (Wildman–Crippen LogP) is 5.11. The molecule has 0 spiro atoms. The lowest BCUT2D eigenvalue weighted by molar-refractivity contribution is 0.414. The highest BCUT2D eigenvalue weighted by Gasteiger charge is 2.19. The van der Waals surface area contributed by atoms with Crippen molar-refractivity contribution >= 4 is 11.8 Å². The first-order valence-corrected chi connectivity index (χ1v) is 11.6. The highest BCUT2D eigenvalue weighted by atomic mass is 32.2. The molecule has 8 heteroatoms. The normalized spacial score (nSPS) is 10.9. The van der Waals surface area contributed by atoms with Gasteiger partial charge in [0.05, 0.1) is 25.5 Å². The largest absolute Gasteiger partial charge is 0.497 e. The molecule has 0 radical (unpaired) electrons. The third-order valence-electron chi connectivity index (χ3n) is 5.13. The molecule has 2 heterocycles. The molecule has 0 fully saturated rings. The van der Waals surface area contributed by atoms with Crippen LogP contribution in [0.25, 0.3) is 17.1 Å². The van der Waals surface area contributed by atoms with Crippen molar-refractivity contribution in [3.63, 3.8) is 0 Å². The molecule has 32 heavy (non-hydrogen) atoms. The van der Waals surface area contributed by atoms with E-state index in [4.69, 9.17) is 9.47 Å². The van der Waals surface area contributed by atoms with E-state index in [0.717, 1.165) is 65.3 Å². The van der Waals surface area contributed by atoms with Gasteiger partial charge in [0.25, 0.3) is 0 Å². The number of para-hydroxylation sites is 1. The SMILES string of the molecule is COc1ccc(-n2c(SCCCCCn3cccn3)nnc2-c2ccccc2OC)cc1. The molecule has 4 aromatic rings. The molecule has 0 bridgehead atoms. The smallest absolute Gasteiger partial charge is 0.196 e. The number of hydrogen-bond acceptors (Lipinski definition) is 6. The summed E-state index contributed by atoms with van der Waals surface area (Å²) >= 11 is 1.72. The number of nitrogens with zero attached hydrogens (tertiary/aromatic N) is 5. The quantitative estimate of drug-likeness (QED) is 0.234. The number of rotatable bonds is 11. The molecule has 0 aliphatic carbocycles. The number of thioether (sulfide) groups is 1. The molecule has 0 saturated carbocycles. The van der Waals surface area contributed by atoms with Crippen molar-refractivity contribution in [3.8, 4) is 28.6 Å². The van der Waals surface area contributed by atoms with E-state index in [9.17, 15) is 0 Å². The Morgan fingerprint density at radius 1 is 0.875 bits per heavy atom. The third-order valence-corrected chi connectivity index (χ3v) is 6.15. The Balaban J connectivity index is 1.51. The summed E-state index contributed by atoms with van der Waals surface area (Å²) in [4.78, 5) is 0. The van der Waals surface area contributed by atoms with Gasteiger partial charge in [-0.2, -0.15) is 5.10 Å². The molecule has 0 aliphatic heterocycles. The van der Waals surface area contributed by atoms with Crippen molar-refractivity contribution in [1.82, 2.24) is 24.5 Å². The summed E-state index contributed by atoms with van der Waals surface area (Å²) in [5.41, 5.74) is 1.89. The topological polar surface area (TPSA) is 67.0 Å². The van der Waals surface area contributed by atoms with Crippen LogP contribution in [0.3, 0.4) is 0 Å². The third kappa shape index (κ3) is 5.13. The van der Waals surface area contributed by atoms with Gasteiger partial charge in [-0.1, -0.05) is 30.3 Å². The van der Waals surface area contributed by atoms with E-state index in [1.165, 1.54) is 0 Å². The maximum absolute atomic E-state index is 5.58. The second-order valence-corrected chi connectivity index (χ2v) is 8.28. The second kappa shape index (κ2) is 10.9. The summed E-state index contributed by atoms with van der Waals surface area (Å²) < 4.78 is 15.0. The summed E-state index contributed by atoms with van der Waals surface area (Å²) in [5, 5.41) is 14.2. The fourth-order valence-corrected chi connectivity index (χ4v) is 4.43. The fourth-order valence-electron chi connectivity index (χ4n) is 3.48. The second-order valence-electron chi connectivity index (χ2n) is 7.22. The minimum atomic E-state index is 0.758. The lowest BCUT2D eigenvalue weighted by atomic mass is 10.2. The van der Waals surface area contributed by atoms with E-state index in [1.54, 1.807) is 26.0 Å². The molecule has 166 valence electrons. The molecular formula is C24H27N5O2S. The predicted molar refractivity (Wildman–Crippen MR) is 127 cm³/mol. The monoisotopic (exact) mass is 449 g/mol. The zero-order valence-corrected chi connectivity index (χ0v) is 19.2. The Morgan fingerprint density at radius 3 is 2.47 bits per heavy atom. The zero-order chi connectivity index (χ0) is 22.2. The first kappa shape index (κ1) is 22.0. The van der Waals surface area contributed by atoms with Crippen LogP contribution in [0.5, 0.6) is 11.5 Å². The first-order chi connectivity index (χ1) is 15.8. The average molecular weight is 450 g/mol. The number of hydrogen-bond donors (Lipinski definition) is 0. The summed E-state index contributed by atoms with van der Waals surface area (Å²) in [5.74, 6) is 3.31. The van der Waals surface area contributed by atoms with Crippen LogP contribution in [0.2, 0.25) is 0 Å². The Bertz CT molecular complexity index is 1110. The first-order valence-electron chi connectivity index (χ1n) is 10.6. The van der Waals surface area contributed by atoms with Gasteiger partial charge in [-0.25, -0.2) is 0 Å². The van der Waals surface area contributed by atoms with Gasteiger partial charge in [0.2, 0.25) is 0 Å². The highest BCUT2D eigenvalue weighted by molar-refractivity contribution is 7.99. The van der Waals surface area contributed by atoms with Gasteiger partial charge in [-0.3, -0.25) is 9.25 Å². The Labute approximate surface area is 192 Å². The molecule has 0 N–H and O–H groups in total. The molecule has 4 rings (SSSR count). The van der Waals surface area contributed by atoms with Gasteiger partial charge >= 0.3 is 0 Å². The van der Waals surface area contributed by atoms with Crippen LogP contribution in [0, 0.1) is 0 Å². The minimum Gasteiger partial charge on any atom is -0.497 e. The summed E-state index contributed by atoms with van der Waals surface area (Å²) in [6.07, 6.45) is 7.18. The van der Waals surface area contributed by atoms with Crippen molar-refractivity contribution in [2.75, 3.05) is 20.0 Å². The van der Waals surface area contributed by atoms with Gasteiger partial charge < -0.3 is 9.47 Å². The standard InChI is InChI=1S/C24H27N5O2S/c1-30-20-13-11-19(12-14-20)29-23(21-9-4-5-10-22(21)31-2)26-27-24(29)32-18-7-3-6-16-28-17-8-15-25-28/h4-5,8-15,17H,3,6-7,16,18H2,1-2H3. The Morgan fingerprint density at radius 2 is 1.72 bits per heavy atom. The molecular weight excluding hydrogens is 422 g/mol. The highest BCUT2D eigenvalue weighted by Crippen LogP contribution is 2.33. The van der Waals surface area contributed by atoms with E-state index in [1.807, 2.05) is 71.7 Å². The molecule has 2 aromatic heterocycles. The molecule has 2 aromatic carbocycles. The fraction of sp³-hybridized carbons (Fsp3) is 0.292. The van der Waals surface area contributed by atoms with Crippen molar-refractivity contribution in [2.45, 2.75) is 31.0 Å². The summed E-state index contributed by atoms with van der Waals surface area (Å²) in [6, 6.07) is 17.8. The Hall–Kier alpha value is -3.26. The molecule has 0 atom stereocenters. The van der Waals surface area contributed by atoms with Crippen molar-refractivity contribution in [1.29, 1.82) is 0 Å². The summed E-state index contributed by atoms with van der Waals surface area (Å²) in [6.45, 7) is 0.956. The van der Waals surface area contributed by atoms with Crippen LogP contribution in [0.15, 0.2) is 72.1 Å². The number of benzene rings is 2. The lowest BCUT2D eigenvalue weighted by Crippen LogP contribution is -2.01. The van der Waals surface area contributed by atoms with Crippen LogP contribution < -0.4 is 9.47 Å². The van der Waals surface area contributed by atoms with Crippen LogP contribution in [0.1, 0.15) is 19.3 Å². The van der Waals surface area contributed by atoms with Crippen molar-refractivity contribution in [2.24, 2.45) is 0 Å². The number of unbranched alkanes of at least 4 members (excludes halogenated alkanes) is 2. The molecule has 0 aliphatic rings. The maximum Gasteiger partial charge on any atom is 0.196 e. The van der Waals surface area contributed by atoms with E-state index < -0.39 is 0 Å². The van der Waals surface area contributed by atoms with Gasteiger partial charge in [-0.15, -0.1) is 10.2 Å². The number of methoxy groups -OCH3 is 2. The number of aromatic nitrogens is 5. The summed E-state index contributed by atoms with van der Waals surface area (Å²) in [7, 11) is 3.34. The zero-order valence-electron chi connectivity index (χ0n) is 18.3. The van der Waals surface area contributed by atoms with Crippen molar-refractivity contribution < 1.29 is 9.47 Å². The van der Waals surface area contributed by atoms with Gasteiger partial charge in [-0.05, 0) is 55.3 Å². The van der Waals surface area contributed by atoms with E-state index in [0.29, 0.717) is 0 Å². The van der Waals surface area contributed by atoms with Crippen LogP contribution in [-0.4, -0.2) is 44.5 Å². The van der Waals surface area contributed by atoms with E-state index in [-0.39, 0.29) is 0 Å². The molecule has 0 saturated heterocycles. The number of ether oxygens (including phenoxy) is 2. The molecule has 7 nitrogen and oxygen atoms in total.